The fourth-order valence-electron chi connectivity index (χ4n) is 2.10. The van der Waals surface area contributed by atoms with Gasteiger partial charge in [-0.2, -0.15) is 0 Å². The van der Waals surface area contributed by atoms with Crippen molar-refractivity contribution in [3.05, 3.63) is 33.9 Å². The summed E-state index contributed by atoms with van der Waals surface area (Å²) in [6, 6.07) is 4.74. The summed E-state index contributed by atoms with van der Waals surface area (Å²) in [5.74, 6) is 0.287. The van der Waals surface area contributed by atoms with E-state index < -0.39 is 10.3 Å². The number of hydrogen-bond donors (Lipinski definition) is 0. The second kappa shape index (κ2) is 3.84. The first kappa shape index (κ1) is 11.6. The summed E-state index contributed by atoms with van der Waals surface area (Å²) in [6.45, 7) is 1.53. The first-order valence-electron chi connectivity index (χ1n) is 5.35. The monoisotopic (exact) mass is 235 g/mol. The van der Waals surface area contributed by atoms with Gasteiger partial charge < -0.3 is 4.74 Å². The maximum Gasteiger partial charge on any atom is 0.311 e. The third-order valence-corrected chi connectivity index (χ3v) is 3.35. The molecule has 0 spiro atoms. The second-order valence-corrected chi connectivity index (χ2v) is 4.28. The molecular weight excluding hydrogens is 222 g/mol. The quantitative estimate of drug-likeness (QED) is 0.592. The fourth-order valence-corrected chi connectivity index (χ4v) is 2.10. The zero-order chi connectivity index (χ0) is 12.6. The predicted octanol–water partition coefficient (Wildman–Crippen LogP) is 2.22. The minimum atomic E-state index is -0.489. The van der Waals surface area contributed by atoms with Crippen LogP contribution in [0.1, 0.15) is 25.3 Å². The molecule has 1 saturated carbocycles. The lowest BCUT2D eigenvalue weighted by atomic mass is 9.91. The van der Waals surface area contributed by atoms with Crippen LogP contribution in [0.15, 0.2) is 18.2 Å². The Labute approximate surface area is 98.5 Å². The van der Waals surface area contributed by atoms with Crippen LogP contribution in [0.4, 0.5) is 5.69 Å². The van der Waals surface area contributed by atoms with Crippen LogP contribution in [0.5, 0.6) is 5.75 Å². The molecule has 0 amide bonds. The van der Waals surface area contributed by atoms with E-state index in [1.807, 2.05) is 0 Å². The van der Waals surface area contributed by atoms with Crippen LogP contribution in [-0.2, 0) is 10.2 Å². The molecule has 0 N–H and O–H groups in total. The molecule has 0 atom stereocenters. The molecule has 0 unspecified atom stereocenters. The van der Waals surface area contributed by atoms with Crippen molar-refractivity contribution in [3.8, 4) is 5.75 Å². The molecule has 1 aliphatic carbocycles. The molecule has 0 bridgehead atoms. The highest BCUT2D eigenvalue weighted by atomic mass is 16.6. The highest BCUT2D eigenvalue weighted by Gasteiger charge is 2.49. The lowest BCUT2D eigenvalue weighted by Gasteiger charge is -2.12. The number of carbonyl (C=O) groups is 1. The average molecular weight is 235 g/mol. The minimum absolute atomic E-state index is 0.0666. The van der Waals surface area contributed by atoms with Gasteiger partial charge in [0.2, 0.25) is 0 Å². The number of benzene rings is 1. The first-order chi connectivity index (χ1) is 8.01. The van der Waals surface area contributed by atoms with E-state index in [9.17, 15) is 14.9 Å². The summed E-state index contributed by atoms with van der Waals surface area (Å²) in [6.07, 6.45) is 1.54. The molecule has 1 aromatic carbocycles. The zero-order valence-electron chi connectivity index (χ0n) is 9.73. The van der Waals surface area contributed by atoms with Gasteiger partial charge in [0.1, 0.15) is 5.78 Å². The Morgan fingerprint density at radius 1 is 1.47 bits per heavy atom. The van der Waals surface area contributed by atoms with Gasteiger partial charge in [0.25, 0.3) is 0 Å². The van der Waals surface area contributed by atoms with Gasteiger partial charge in [-0.05, 0) is 31.4 Å². The maximum absolute atomic E-state index is 11.6. The molecule has 1 aromatic rings. The van der Waals surface area contributed by atoms with E-state index in [4.69, 9.17) is 4.74 Å². The minimum Gasteiger partial charge on any atom is -0.490 e. The molecule has 17 heavy (non-hydrogen) atoms. The van der Waals surface area contributed by atoms with Crippen LogP contribution >= 0.6 is 0 Å². The normalized spacial score (nSPS) is 16.4. The predicted molar refractivity (Wildman–Crippen MR) is 61.2 cm³/mol. The molecule has 1 aliphatic rings. The Bertz CT molecular complexity index is 491. The molecule has 5 heteroatoms. The second-order valence-electron chi connectivity index (χ2n) is 4.28. The van der Waals surface area contributed by atoms with Crippen molar-refractivity contribution in [3.63, 3.8) is 0 Å². The summed E-state index contributed by atoms with van der Waals surface area (Å²) in [4.78, 5) is 22.0. The number of ketones is 1. The van der Waals surface area contributed by atoms with Gasteiger partial charge in [-0.25, -0.2) is 0 Å². The molecule has 0 saturated heterocycles. The Morgan fingerprint density at radius 2 is 2.12 bits per heavy atom. The molecule has 0 radical (unpaired) electrons. The van der Waals surface area contributed by atoms with Gasteiger partial charge >= 0.3 is 5.69 Å². The molecule has 0 aromatic heterocycles. The lowest BCUT2D eigenvalue weighted by molar-refractivity contribution is -0.385. The van der Waals surface area contributed by atoms with Gasteiger partial charge in [-0.3, -0.25) is 14.9 Å². The van der Waals surface area contributed by atoms with Gasteiger partial charge in [0, 0.05) is 6.07 Å². The number of nitro benzene ring substituents is 1. The molecule has 0 aliphatic heterocycles. The van der Waals surface area contributed by atoms with Crippen molar-refractivity contribution in [2.24, 2.45) is 0 Å². The molecule has 2 rings (SSSR count). The number of nitrogens with zero attached hydrogens (tertiary/aromatic N) is 1. The van der Waals surface area contributed by atoms with E-state index in [1.54, 1.807) is 12.1 Å². The van der Waals surface area contributed by atoms with Gasteiger partial charge in [0.15, 0.2) is 5.75 Å². The number of Topliss-reactive ketones (excluding diaryl/α,β-unsaturated/α-hetero) is 1. The molecule has 1 fully saturated rings. The van der Waals surface area contributed by atoms with Crippen molar-refractivity contribution in [1.82, 2.24) is 0 Å². The Balaban J connectivity index is 2.48. The van der Waals surface area contributed by atoms with Crippen molar-refractivity contribution in [2.75, 3.05) is 7.11 Å². The standard InChI is InChI=1S/C12H13NO4/c1-8(14)12(5-6-12)9-3-4-11(17-2)10(7-9)13(15)16/h3-4,7H,5-6H2,1-2H3. The van der Waals surface area contributed by atoms with Gasteiger partial charge in [0.05, 0.1) is 17.4 Å². The molecular formula is C12H13NO4. The lowest BCUT2D eigenvalue weighted by Crippen LogP contribution is -2.17. The zero-order valence-corrected chi connectivity index (χ0v) is 9.73. The number of rotatable bonds is 4. The molecule has 90 valence electrons. The summed E-state index contributed by atoms with van der Waals surface area (Å²) in [5, 5.41) is 10.9. The average Bonchev–Trinajstić information content (AvgIpc) is 3.09. The third kappa shape index (κ3) is 1.77. The van der Waals surface area contributed by atoms with Crippen LogP contribution in [0, 0.1) is 10.1 Å². The van der Waals surface area contributed by atoms with Gasteiger partial charge in [-0.1, -0.05) is 6.07 Å². The SMILES string of the molecule is COc1ccc(C2(C(C)=O)CC2)cc1[N+](=O)[O-]. The van der Waals surface area contributed by atoms with Crippen LogP contribution in [-0.4, -0.2) is 17.8 Å². The van der Waals surface area contributed by atoms with Crippen LogP contribution in [0.3, 0.4) is 0 Å². The number of nitro groups is 1. The van der Waals surface area contributed by atoms with Crippen molar-refractivity contribution < 1.29 is 14.5 Å². The first-order valence-corrected chi connectivity index (χ1v) is 5.35. The Kier molecular flexibility index (Phi) is 2.61. The summed E-state index contributed by atoms with van der Waals surface area (Å²) >= 11 is 0. The van der Waals surface area contributed by atoms with Crippen LogP contribution in [0.25, 0.3) is 0 Å². The van der Waals surface area contributed by atoms with E-state index >= 15 is 0 Å². The van der Waals surface area contributed by atoms with E-state index in [-0.39, 0.29) is 17.2 Å². The number of hydrogen-bond acceptors (Lipinski definition) is 4. The highest BCUT2D eigenvalue weighted by Crippen LogP contribution is 2.50. The summed E-state index contributed by atoms with van der Waals surface area (Å²) in [5.41, 5.74) is 0.145. The summed E-state index contributed by atoms with van der Waals surface area (Å²) < 4.78 is 4.93. The third-order valence-electron chi connectivity index (χ3n) is 3.35. The Morgan fingerprint density at radius 3 is 2.53 bits per heavy atom. The van der Waals surface area contributed by atoms with Crippen molar-refractivity contribution in [2.45, 2.75) is 25.2 Å². The Hall–Kier alpha value is -1.91. The number of carbonyl (C=O) groups excluding carboxylic acids is 1. The van der Waals surface area contributed by atoms with E-state index in [1.165, 1.54) is 20.1 Å². The smallest absolute Gasteiger partial charge is 0.311 e. The summed E-state index contributed by atoms with van der Waals surface area (Å²) in [7, 11) is 1.39. The van der Waals surface area contributed by atoms with Gasteiger partial charge in [-0.15, -0.1) is 0 Å². The van der Waals surface area contributed by atoms with Crippen LogP contribution in [0.2, 0.25) is 0 Å². The maximum atomic E-state index is 11.6. The molecule has 0 heterocycles. The van der Waals surface area contributed by atoms with E-state index in [0.717, 1.165) is 18.4 Å². The van der Waals surface area contributed by atoms with Crippen molar-refractivity contribution in [1.29, 1.82) is 0 Å². The highest BCUT2D eigenvalue weighted by molar-refractivity contribution is 5.91. The van der Waals surface area contributed by atoms with Crippen LogP contribution < -0.4 is 4.74 Å². The number of ether oxygens (including phenoxy) is 1. The van der Waals surface area contributed by atoms with E-state index in [0.29, 0.717) is 0 Å². The van der Waals surface area contributed by atoms with E-state index in [2.05, 4.69) is 0 Å². The fraction of sp³-hybridized carbons (Fsp3) is 0.417. The topological polar surface area (TPSA) is 69.4 Å². The molecule has 5 nitrogen and oxygen atoms in total. The largest absolute Gasteiger partial charge is 0.490 e. The number of methoxy groups -OCH3 is 1. The van der Waals surface area contributed by atoms with Crippen molar-refractivity contribution >= 4 is 11.5 Å².